The van der Waals surface area contributed by atoms with E-state index in [9.17, 15) is 10.2 Å². The van der Waals surface area contributed by atoms with E-state index in [0.717, 1.165) is 11.1 Å². The fourth-order valence-corrected chi connectivity index (χ4v) is 2.01. The average molecular weight is 283 g/mol. The number of phenols is 2. The highest BCUT2D eigenvalue weighted by Crippen LogP contribution is 2.33. The normalized spacial score (nSPS) is 10.5. The molecule has 21 heavy (non-hydrogen) atoms. The molecule has 0 amide bonds. The monoisotopic (exact) mass is 283 g/mol. The van der Waals surface area contributed by atoms with Crippen molar-refractivity contribution in [2.45, 2.75) is 0 Å². The first-order valence-corrected chi connectivity index (χ1v) is 6.31. The summed E-state index contributed by atoms with van der Waals surface area (Å²) in [6, 6.07) is 13.4. The molecule has 5 nitrogen and oxygen atoms in total. The lowest BCUT2D eigenvalue weighted by atomic mass is 10.1. The van der Waals surface area contributed by atoms with Crippen LogP contribution in [0.25, 0.3) is 22.6 Å². The van der Waals surface area contributed by atoms with Crippen LogP contribution in [0.5, 0.6) is 17.2 Å². The van der Waals surface area contributed by atoms with E-state index < -0.39 is 0 Å². The average Bonchev–Trinajstić information content (AvgIpc) is 2.98. The Morgan fingerprint density at radius 2 is 1.67 bits per heavy atom. The molecule has 0 aliphatic carbocycles. The van der Waals surface area contributed by atoms with Crippen LogP contribution in [0.15, 0.2) is 53.1 Å². The van der Waals surface area contributed by atoms with Gasteiger partial charge in [-0.15, -0.1) is 0 Å². The second-order valence-electron chi connectivity index (χ2n) is 4.51. The van der Waals surface area contributed by atoms with Gasteiger partial charge in [0.1, 0.15) is 11.4 Å². The van der Waals surface area contributed by atoms with Gasteiger partial charge in [0.25, 0.3) is 0 Å². The van der Waals surface area contributed by atoms with E-state index in [0.29, 0.717) is 17.2 Å². The maximum absolute atomic E-state index is 9.60. The largest absolute Gasteiger partial charge is 0.508 e. The molecule has 0 saturated carbocycles. The van der Waals surface area contributed by atoms with E-state index in [4.69, 9.17) is 9.26 Å². The molecule has 2 N–H and O–H groups in total. The summed E-state index contributed by atoms with van der Waals surface area (Å²) in [4.78, 5) is 0. The van der Waals surface area contributed by atoms with Gasteiger partial charge in [-0.3, -0.25) is 0 Å². The molecule has 0 radical (unpaired) electrons. The summed E-state index contributed by atoms with van der Waals surface area (Å²) >= 11 is 0. The van der Waals surface area contributed by atoms with E-state index >= 15 is 0 Å². The lowest BCUT2D eigenvalue weighted by Gasteiger charge is -2.03. The van der Waals surface area contributed by atoms with Gasteiger partial charge in [0.2, 0.25) is 0 Å². The fraction of sp³-hybridized carbons (Fsp3) is 0.0625. The number of benzene rings is 2. The minimum atomic E-state index is 0.0690. The number of aromatic nitrogens is 1. The third-order valence-corrected chi connectivity index (χ3v) is 3.14. The van der Waals surface area contributed by atoms with Gasteiger partial charge in [0, 0.05) is 17.2 Å². The number of rotatable bonds is 3. The number of phenolic OH excluding ortho intramolecular Hbond substituents is 2. The van der Waals surface area contributed by atoms with E-state index in [1.165, 1.54) is 13.2 Å². The van der Waals surface area contributed by atoms with Crippen molar-refractivity contribution in [1.82, 2.24) is 5.16 Å². The van der Waals surface area contributed by atoms with Crippen molar-refractivity contribution < 1.29 is 19.5 Å². The summed E-state index contributed by atoms with van der Waals surface area (Å²) in [7, 11) is 1.49. The molecule has 1 aromatic heterocycles. The van der Waals surface area contributed by atoms with Crippen molar-refractivity contribution in [3.05, 3.63) is 48.5 Å². The minimum absolute atomic E-state index is 0.0690. The number of hydrogen-bond donors (Lipinski definition) is 2. The molecule has 0 aliphatic rings. The molecule has 2 aromatic carbocycles. The second kappa shape index (κ2) is 5.20. The lowest BCUT2D eigenvalue weighted by Crippen LogP contribution is -1.84. The molecule has 0 fully saturated rings. The van der Waals surface area contributed by atoms with Crippen molar-refractivity contribution in [1.29, 1.82) is 0 Å². The Morgan fingerprint density at radius 1 is 0.952 bits per heavy atom. The third kappa shape index (κ3) is 2.53. The lowest BCUT2D eigenvalue weighted by molar-refractivity contribution is 0.373. The van der Waals surface area contributed by atoms with Crippen LogP contribution in [-0.2, 0) is 0 Å². The quantitative estimate of drug-likeness (QED) is 0.770. The van der Waals surface area contributed by atoms with Crippen LogP contribution in [0.1, 0.15) is 0 Å². The second-order valence-corrected chi connectivity index (χ2v) is 4.51. The maximum atomic E-state index is 9.60. The summed E-state index contributed by atoms with van der Waals surface area (Å²) in [6.07, 6.45) is 0. The zero-order chi connectivity index (χ0) is 14.8. The van der Waals surface area contributed by atoms with Crippen LogP contribution in [0.2, 0.25) is 0 Å². The highest BCUT2D eigenvalue weighted by Gasteiger charge is 2.11. The highest BCUT2D eigenvalue weighted by molar-refractivity contribution is 5.68. The van der Waals surface area contributed by atoms with Crippen LogP contribution in [0.4, 0.5) is 0 Å². The zero-order valence-electron chi connectivity index (χ0n) is 11.3. The number of aromatic hydroxyl groups is 2. The SMILES string of the molecule is COc1cc(-c2cc(-c3ccc(O)cc3)no2)ccc1O. The molecular weight excluding hydrogens is 270 g/mol. The molecule has 3 aromatic rings. The molecule has 0 saturated heterocycles. The van der Waals surface area contributed by atoms with E-state index in [2.05, 4.69) is 5.16 Å². The summed E-state index contributed by atoms with van der Waals surface area (Å²) in [5.74, 6) is 1.21. The molecule has 5 heteroatoms. The topological polar surface area (TPSA) is 75.7 Å². The molecule has 0 bridgehead atoms. The van der Waals surface area contributed by atoms with E-state index in [1.54, 1.807) is 42.5 Å². The Balaban J connectivity index is 1.96. The number of methoxy groups -OCH3 is 1. The Labute approximate surface area is 121 Å². The number of hydrogen-bond acceptors (Lipinski definition) is 5. The third-order valence-electron chi connectivity index (χ3n) is 3.14. The summed E-state index contributed by atoms with van der Waals surface area (Å²) in [5.41, 5.74) is 2.26. The van der Waals surface area contributed by atoms with E-state index in [-0.39, 0.29) is 11.5 Å². The van der Waals surface area contributed by atoms with Gasteiger partial charge in [0.05, 0.1) is 7.11 Å². The van der Waals surface area contributed by atoms with Crippen LogP contribution in [-0.4, -0.2) is 22.5 Å². The number of nitrogens with zero attached hydrogens (tertiary/aromatic N) is 1. The summed E-state index contributed by atoms with van der Waals surface area (Å²) in [5, 5.41) is 22.9. The first-order valence-electron chi connectivity index (χ1n) is 6.31. The predicted molar refractivity (Wildman–Crippen MR) is 77.3 cm³/mol. The molecule has 0 atom stereocenters. The van der Waals surface area contributed by atoms with Gasteiger partial charge < -0.3 is 19.5 Å². The van der Waals surface area contributed by atoms with Gasteiger partial charge in [-0.25, -0.2) is 0 Å². The highest BCUT2D eigenvalue weighted by atomic mass is 16.5. The van der Waals surface area contributed by atoms with Gasteiger partial charge in [-0.1, -0.05) is 5.16 Å². The molecule has 3 rings (SSSR count). The van der Waals surface area contributed by atoms with Crippen LogP contribution >= 0.6 is 0 Å². The minimum Gasteiger partial charge on any atom is -0.508 e. The van der Waals surface area contributed by atoms with Gasteiger partial charge in [-0.2, -0.15) is 0 Å². The Kier molecular flexibility index (Phi) is 3.23. The standard InChI is InChI=1S/C16H13NO4/c1-20-16-8-11(4-7-14(16)19)15-9-13(17-21-15)10-2-5-12(18)6-3-10/h2-9,18-19H,1H3. The molecule has 106 valence electrons. The first-order chi connectivity index (χ1) is 10.2. The Morgan fingerprint density at radius 3 is 2.38 bits per heavy atom. The summed E-state index contributed by atoms with van der Waals surface area (Å²) in [6.45, 7) is 0. The van der Waals surface area contributed by atoms with Crippen molar-refractivity contribution in [2.75, 3.05) is 7.11 Å². The van der Waals surface area contributed by atoms with Crippen molar-refractivity contribution in [2.24, 2.45) is 0 Å². The smallest absolute Gasteiger partial charge is 0.167 e. The van der Waals surface area contributed by atoms with Crippen LogP contribution in [0.3, 0.4) is 0 Å². The Bertz CT molecular complexity index is 762. The van der Waals surface area contributed by atoms with Crippen molar-refractivity contribution >= 4 is 0 Å². The maximum Gasteiger partial charge on any atom is 0.167 e. The zero-order valence-corrected chi connectivity index (χ0v) is 11.3. The first kappa shape index (κ1) is 13.1. The van der Waals surface area contributed by atoms with E-state index in [1.807, 2.05) is 0 Å². The number of ether oxygens (including phenoxy) is 1. The summed E-state index contributed by atoms with van der Waals surface area (Å²) < 4.78 is 10.4. The molecular formula is C16H13NO4. The van der Waals surface area contributed by atoms with Gasteiger partial charge >= 0.3 is 0 Å². The van der Waals surface area contributed by atoms with Crippen molar-refractivity contribution in [3.8, 4) is 39.8 Å². The van der Waals surface area contributed by atoms with Crippen LogP contribution in [0, 0.1) is 0 Å². The predicted octanol–water partition coefficient (Wildman–Crippen LogP) is 3.43. The molecule has 0 aliphatic heterocycles. The van der Waals surface area contributed by atoms with Gasteiger partial charge in [-0.05, 0) is 42.5 Å². The Hall–Kier alpha value is -2.95. The van der Waals surface area contributed by atoms with Crippen LogP contribution < -0.4 is 4.74 Å². The fourth-order valence-electron chi connectivity index (χ4n) is 2.01. The molecule has 1 heterocycles. The van der Waals surface area contributed by atoms with Crippen molar-refractivity contribution in [3.63, 3.8) is 0 Å². The van der Waals surface area contributed by atoms with Gasteiger partial charge in [0.15, 0.2) is 17.3 Å². The molecule has 0 unspecified atom stereocenters. The molecule has 0 spiro atoms.